The Labute approximate surface area is 216 Å². The maximum absolute atomic E-state index is 13.2. The third-order valence-electron chi connectivity index (χ3n) is 5.54. The number of carbonyl (C=O) groups is 3. The molecule has 0 saturated heterocycles. The molecule has 0 fully saturated rings. The van der Waals surface area contributed by atoms with Gasteiger partial charge >= 0.3 is 0 Å². The molecule has 0 aliphatic rings. The summed E-state index contributed by atoms with van der Waals surface area (Å²) in [5.41, 5.74) is 4.29. The van der Waals surface area contributed by atoms with Crippen LogP contribution < -0.4 is 10.6 Å². The number of hydrogen-bond acceptors (Lipinski definition) is 3. The molecule has 4 aromatic carbocycles. The van der Waals surface area contributed by atoms with Crippen molar-refractivity contribution in [3.8, 4) is 0 Å². The van der Waals surface area contributed by atoms with E-state index in [1.165, 1.54) is 6.08 Å². The summed E-state index contributed by atoms with van der Waals surface area (Å²) in [7, 11) is 0. The quantitative estimate of drug-likeness (QED) is 0.227. The highest BCUT2D eigenvalue weighted by molar-refractivity contribution is 6.11. The molecule has 0 spiro atoms. The topological polar surface area (TPSA) is 75.3 Å². The van der Waals surface area contributed by atoms with E-state index in [1.807, 2.05) is 67.6 Å². The Balaban J connectivity index is 1.50. The van der Waals surface area contributed by atoms with E-state index in [9.17, 15) is 14.4 Å². The zero-order chi connectivity index (χ0) is 26.0. The average molecular weight is 487 g/mol. The fraction of sp³-hybridized carbons (Fsp3) is 0.0312. The van der Waals surface area contributed by atoms with Gasteiger partial charge in [0.15, 0.2) is 5.78 Å². The third kappa shape index (κ3) is 7.23. The van der Waals surface area contributed by atoms with E-state index in [0.717, 1.165) is 16.7 Å². The van der Waals surface area contributed by atoms with E-state index >= 15 is 0 Å². The van der Waals surface area contributed by atoms with Gasteiger partial charge in [0.2, 0.25) is 0 Å². The molecule has 2 N–H and O–H groups in total. The Morgan fingerprint density at radius 1 is 0.676 bits per heavy atom. The van der Waals surface area contributed by atoms with Crippen LogP contribution in [0.3, 0.4) is 0 Å². The van der Waals surface area contributed by atoms with Crippen molar-refractivity contribution >= 4 is 35.4 Å². The fourth-order valence-electron chi connectivity index (χ4n) is 3.62. The Bertz CT molecular complexity index is 1460. The summed E-state index contributed by atoms with van der Waals surface area (Å²) in [5, 5.41) is 5.54. The summed E-state index contributed by atoms with van der Waals surface area (Å²) in [6.45, 7) is 1.96. The van der Waals surface area contributed by atoms with Crippen molar-refractivity contribution in [1.29, 1.82) is 0 Å². The summed E-state index contributed by atoms with van der Waals surface area (Å²) >= 11 is 0. The number of hydrogen-bond donors (Lipinski definition) is 2. The van der Waals surface area contributed by atoms with Gasteiger partial charge in [-0.15, -0.1) is 0 Å². The van der Waals surface area contributed by atoms with Crippen LogP contribution in [-0.2, 0) is 4.79 Å². The molecule has 0 unspecified atom stereocenters. The highest BCUT2D eigenvalue weighted by atomic mass is 16.2. The third-order valence-corrected chi connectivity index (χ3v) is 5.54. The number of nitrogens with one attached hydrogen (secondary N) is 2. The molecule has 5 heteroatoms. The second-order valence-electron chi connectivity index (χ2n) is 8.43. The normalized spacial score (nSPS) is 11.2. The molecule has 0 atom stereocenters. The zero-order valence-corrected chi connectivity index (χ0v) is 20.3. The molecular weight excluding hydrogens is 460 g/mol. The molecule has 0 heterocycles. The van der Waals surface area contributed by atoms with Crippen LogP contribution in [0.25, 0.3) is 12.2 Å². The number of ketones is 1. The predicted octanol–water partition coefficient (Wildman–Crippen LogP) is 6.30. The molecule has 5 nitrogen and oxygen atoms in total. The summed E-state index contributed by atoms with van der Waals surface area (Å²) in [6, 6.07) is 32.5. The summed E-state index contributed by atoms with van der Waals surface area (Å²) in [4.78, 5) is 38.5. The van der Waals surface area contributed by atoms with Gasteiger partial charge in [0, 0.05) is 16.8 Å². The number of anilines is 1. The van der Waals surface area contributed by atoms with Crippen LogP contribution in [0, 0.1) is 6.92 Å². The van der Waals surface area contributed by atoms with Crippen LogP contribution in [0.15, 0.2) is 121 Å². The van der Waals surface area contributed by atoms with E-state index in [2.05, 4.69) is 10.6 Å². The second-order valence-corrected chi connectivity index (χ2v) is 8.43. The first-order chi connectivity index (χ1) is 18.0. The first kappa shape index (κ1) is 25.1. The minimum Gasteiger partial charge on any atom is -0.321 e. The van der Waals surface area contributed by atoms with E-state index < -0.39 is 5.91 Å². The van der Waals surface area contributed by atoms with Crippen molar-refractivity contribution in [1.82, 2.24) is 5.32 Å². The van der Waals surface area contributed by atoms with Crippen molar-refractivity contribution in [2.24, 2.45) is 0 Å². The van der Waals surface area contributed by atoms with Gasteiger partial charge < -0.3 is 10.6 Å². The predicted molar refractivity (Wildman–Crippen MR) is 148 cm³/mol. The number of allylic oxidation sites excluding steroid dienone is 1. The average Bonchev–Trinajstić information content (AvgIpc) is 2.93. The zero-order valence-electron chi connectivity index (χ0n) is 20.3. The Hall–Kier alpha value is -5.03. The first-order valence-electron chi connectivity index (χ1n) is 11.8. The molecule has 2 amide bonds. The van der Waals surface area contributed by atoms with Gasteiger partial charge in [0.05, 0.1) is 0 Å². The molecule has 0 saturated carbocycles. The largest absolute Gasteiger partial charge is 0.321 e. The molecule has 4 aromatic rings. The lowest BCUT2D eigenvalue weighted by Crippen LogP contribution is -2.30. The molecule has 0 aliphatic heterocycles. The molecule has 0 bridgehead atoms. The van der Waals surface area contributed by atoms with Gasteiger partial charge in [-0.25, -0.2) is 0 Å². The number of amides is 2. The molecular formula is C32H26N2O3. The number of aryl methyl sites for hydroxylation is 1. The van der Waals surface area contributed by atoms with Crippen molar-refractivity contribution in [2.45, 2.75) is 6.92 Å². The summed E-state index contributed by atoms with van der Waals surface area (Å²) < 4.78 is 0. The first-order valence-corrected chi connectivity index (χ1v) is 11.8. The number of carbonyl (C=O) groups excluding carboxylic acids is 3. The van der Waals surface area contributed by atoms with Gasteiger partial charge in [-0.2, -0.15) is 0 Å². The van der Waals surface area contributed by atoms with E-state index in [4.69, 9.17) is 0 Å². The summed E-state index contributed by atoms with van der Waals surface area (Å²) in [6.07, 6.45) is 4.91. The smallest absolute Gasteiger partial charge is 0.272 e. The van der Waals surface area contributed by atoms with Crippen LogP contribution in [0.2, 0.25) is 0 Å². The fourth-order valence-corrected chi connectivity index (χ4v) is 3.62. The van der Waals surface area contributed by atoms with Gasteiger partial charge in [0.1, 0.15) is 5.70 Å². The second kappa shape index (κ2) is 12.1. The molecule has 4 rings (SSSR count). The van der Waals surface area contributed by atoms with Crippen LogP contribution in [0.5, 0.6) is 0 Å². The maximum atomic E-state index is 13.2. The van der Waals surface area contributed by atoms with Gasteiger partial charge in [-0.05, 0) is 66.6 Å². The van der Waals surface area contributed by atoms with Crippen molar-refractivity contribution in [3.63, 3.8) is 0 Å². The molecule has 37 heavy (non-hydrogen) atoms. The Kier molecular flexibility index (Phi) is 8.19. The highest BCUT2D eigenvalue weighted by Crippen LogP contribution is 2.15. The van der Waals surface area contributed by atoms with Crippen LogP contribution in [-0.4, -0.2) is 17.6 Å². The SMILES string of the molecule is Cc1cccc(/C=C(\NC(=O)c2ccccc2)C(=O)Nc2ccc(C(=O)/C=C/c3ccccc3)cc2)c1. The van der Waals surface area contributed by atoms with Crippen LogP contribution >= 0.6 is 0 Å². The number of benzene rings is 4. The Morgan fingerprint density at radius 3 is 2.00 bits per heavy atom. The minimum absolute atomic E-state index is 0.102. The minimum atomic E-state index is -0.478. The van der Waals surface area contributed by atoms with Gasteiger partial charge in [0.25, 0.3) is 11.8 Å². The van der Waals surface area contributed by atoms with Gasteiger partial charge in [-0.1, -0.05) is 84.4 Å². The van der Waals surface area contributed by atoms with E-state index in [1.54, 1.807) is 60.7 Å². The van der Waals surface area contributed by atoms with Crippen molar-refractivity contribution in [2.75, 3.05) is 5.32 Å². The molecule has 0 radical (unpaired) electrons. The lowest BCUT2D eigenvalue weighted by molar-refractivity contribution is -0.113. The maximum Gasteiger partial charge on any atom is 0.272 e. The van der Waals surface area contributed by atoms with Crippen molar-refractivity contribution < 1.29 is 14.4 Å². The Morgan fingerprint density at radius 2 is 1.32 bits per heavy atom. The lowest BCUT2D eigenvalue weighted by atomic mass is 10.1. The van der Waals surface area contributed by atoms with Crippen LogP contribution in [0.1, 0.15) is 37.4 Å². The number of rotatable bonds is 8. The summed E-state index contributed by atoms with van der Waals surface area (Å²) in [5.74, 6) is -1.01. The molecule has 0 aromatic heterocycles. The van der Waals surface area contributed by atoms with Crippen molar-refractivity contribution in [3.05, 3.63) is 149 Å². The monoisotopic (exact) mass is 486 g/mol. The van der Waals surface area contributed by atoms with Gasteiger partial charge in [-0.3, -0.25) is 14.4 Å². The highest BCUT2D eigenvalue weighted by Gasteiger charge is 2.15. The molecule has 0 aliphatic carbocycles. The molecule has 182 valence electrons. The standard InChI is InChI=1S/C32H26N2O3/c1-23-9-8-12-25(21-23)22-29(34-31(36)27-13-6-3-7-14-27)32(37)33-28-18-16-26(17-19-28)30(35)20-15-24-10-4-2-5-11-24/h2-22H,1H3,(H,33,37)(H,34,36)/b20-15+,29-22-. The van der Waals surface area contributed by atoms with Crippen LogP contribution in [0.4, 0.5) is 5.69 Å². The van der Waals surface area contributed by atoms with E-state index in [0.29, 0.717) is 16.8 Å². The van der Waals surface area contributed by atoms with E-state index in [-0.39, 0.29) is 17.4 Å². The lowest BCUT2D eigenvalue weighted by Gasteiger charge is -2.12.